The van der Waals surface area contributed by atoms with Crippen molar-refractivity contribution >= 4 is 46.3 Å². The Hall–Kier alpha value is -2.94. The van der Waals surface area contributed by atoms with E-state index in [0.717, 1.165) is 22.6 Å². The Morgan fingerprint density at radius 3 is 2.53 bits per heavy atom. The van der Waals surface area contributed by atoms with Gasteiger partial charge in [-0.2, -0.15) is 5.10 Å². The van der Waals surface area contributed by atoms with Crippen molar-refractivity contribution in [2.75, 3.05) is 5.32 Å². The molecule has 0 radical (unpaired) electrons. The summed E-state index contributed by atoms with van der Waals surface area (Å²) in [5.41, 5.74) is 8.92. The van der Waals surface area contributed by atoms with E-state index in [-0.39, 0.29) is 11.8 Å². The highest BCUT2D eigenvalue weighted by molar-refractivity contribution is 14.1. The van der Waals surface area contributed by atoms with Crippen LogP contribution < -0.4 is 10.7 Å². The third kappa shape index (κ3) is 4.96. The van der Waals surface area contributed by atoms with Crippen molar-refractivity contribution in [3.05, 3.63) is 80.2 Å². The topological polar surface area (TPSA) is 75.5 Å². The van der Waals surface area contributed by atoms with Gasteiger partial charge in [-0.15, -0.1) is 0 Å². The number of hydrogen-bond donors (Lipinski definition) is 2. The Balaban J connectivity index is 1.76. The van der Waals surface area contributed by atoms with E-state index < -0.39 is 0 Å². The van der Waals surface area contributed by atoms with Crippen molar-refractivity contribution < 1.29 is 9.59 Å². The van der Waals surface area contributed by atoms with Gasteiger partial charge >= 0.3 is 0 Å². The van der Waals surface area contributed by atoms with E-state index in [0.29, 0.717) is 11.3 Å². The van der Waals surface area contributed by atoms with Crippen LogP contribution in [0.25, 0.3) is 5.69 Å². The van der Waals surface area contributed by atoms with Gasteiger partial charge in [-0.3, -0.25) is 9.59 Å². The Kier molecular flexibility index (Phi) is 6.71. The second kappa shape index (κ2) is 9.25. The van der Waals surface area contributed by atoms with E-state index in [1.54, 1.807) is 30.5 Å². The first-order chi connectivity index (χ1) is 14.3. The maximum atomic E-state index is 12.4. The average molecular weight is 514 g/mol. The van der Waals surface area contributed by atoms with Gasteiger partial charge in [-0.05, 0) is 85.3 Å². The highest BCUT2D eigenvalue weighted by Crippen LogP contribution is 2.23. The molecule has 0 saturated carbocycles. The van der Waals surface area contributed by atoms with Crippen molar-refractivity contribution in [1.29, 1.82) is 0 Å². The summed E-state index contributed by atoms with van der Waals surface area (Å²) in [4.78, 5) is 23.6. The molecule has 1 heterocycles. The molecule has 0 aliphatic rings. The number of hydrazone groups is 1. The molecule has 0 bridgehead atoms. The molecule has 6 nitrogen and oxygen atoms in total. The number of hydrogen-bond acceptors (Lipinski definition) is 3. The first-order valence-electron chi connectivity index (χ1n) is 9.43. The molecular weight excluding hydrogens is 491 g/mol. The van der Waals surface area contributed by atoms with Crippen LogP contribution in [-0.2, 0) is 4.79 Å². The molecule has 0 aliphatic carbocycles. The number of carbonyl (C=O) groups excluding carboxylic acids is 2. The van der Waals surface area contributed by atoms with Gasteiger partial charge in [0.05, 0.1) is 6.21 Å². The minimum atomic E-state index is -0.347. The number of nitrogens with one attached hydrogen (secondary N) is 2. The lowest BCUT2D eigenvalue weighted by Crippen LogP contribution is -2.18. The number of benzene rings is 2. The van der Waals surface area contributed by atoms with Crippen molar-refractivity contribution in [3.63, 3.8) is 0 Å². The van der Waals surface area contributed by atoms with E-state index in [1.807, 2.05) is 19.9 Å². The number of anilines is 1. The fourth-order valence-electron chi connectivity index (χ4n) is 3.20. The van der Waals surface area contributed by atoms with Gasteiger partial charge in [0.15, 0.2) is 0 Å². The zero-order chi connectivity index (χ0) is 21.8. The molecule has 1 aromatic heterocycles. The summed E-state index contributed by atoms with van der Waals surface area (Å²) in [5, 5.41) is 6.78. The highest BCUT2D eigenvalue weighted by Gasteiger charge is 2.11. The van der Waals surface area contributed by atoms with Gasteiger partial charge in [0, 0.05) is 44.4 Å². The fraction of sp³-hybridized carbons (Fsp3) is 0.174. The Morgan fingerprint density at radius 1 is 1.07 bits per heavy atom. The Labute approximate surface area is 189 Å². The summed E-state index contributed by atoms with van der Waals surface area (Å²) >= 11 is 2.34. The molecule has 0 saturated heterocycles. The van der Waals surface area contributed by atoms with Crippen LogP contribution in [0.5, 0.6) is 0 Å². The predicted molar refractivity (Wildman–Crippen MR) is 129 cm³/mol. The standard InChI is InChI=1S/C23H23IN4O2/c1-14-8-9-21(12-22(14)24)28-15(2)10-19(16(28)3)13-25-27-23(30)18-6-5-7-20(11-18)26-17(4)29/h5-13H,1-4H3,(H,26,29)(H,27,30)/b25-13-. The number of halogens is 1. The number of aromatic nitrogens is 1. The predicted octanol–water partition coefficient (Wildman–Crippen LogP) is 4.73. The zero-order valence-electron chi connectivity index (χ0n) is 17.3. The van der Waals surface area contributed by atoms with Crippen LogP contribution in [0.4, 0.5) is 5.69 Å². The fourth-order valence-corrected chi connectivity index (χ4v) is 3.70. The molecule has 2 amide bonds. The number of nitrogens with zero attached hydrogens (tertiary/aromatic N) is 2. The first kappa shape index (κ1) is 21.8. The molecule has 0 atom stereocenters. The number of amides is 2. The average Bonchev–Trinajstić information content (AvgIpc) is 2.97. The Bertz CT molecular complexity index is 1150. The van der Waals surface area contributed by atoms with Crippen LogP contribution in [0, 0.1) is 24.3 Å². The lowest BCUT2D eigenvalue weighted by Gasteiger charge is -2.11. The van der Waals surface area contributed by atoms with E-state index in [9.17, 15) is 9.59 Å². The molecule has 3 rings (SSSR count). The van der Waals surface area contributed by atoms with Crippen LogP contribution >= 0.6 is 22.6 Å². The van der Waals surface area contributed by atoms with Gasteiger partial charge in [0.25, 0.3) is 5.91 Å². The van der Waals surface area contributed by atoms with Gasteiger partial charge < -0.3 is 9.88 Å². The van der Waals surface area contributed by atoms with Gasteiger partial charge in [-0.1, -0.05) is 12.1 Å². The summed E-state index contributed by atoms with van der Waals surface area (Å²) in [7, 11) is 0. The molecule has 3 aromatic rings. The normalized spacial score (nSPS) is 11.0. The van der Waals surface area contributed by atoms with Crippen LogP contribution in [-0.4, -0.2) is 22.6 Å². The molecule has 0 spiro atoms. The lowest BCUT2D eigenvalue weighted by atomic mass is 10.2. The minimum absolute atomic E-state index is 0.191. The van der Waals surface area contributed by atoms with E-state index in [2.05, 4.69) is 68.1 Å². The summed E-state index contributed by atoms with van der Waals surface area (Å²) in [6.45, 7) is 7.58. The molecule has 154 valence electrons. The smallest absolute Gasteiger partial charge is 0.271 e. The highest BCUT2D eigenvalue weighted by atomic mass is 127. The van der Waals surface area contributed by atoms with E-state index in [4.69, 9.17) is 0 Å². The Morgan fingerprint density at radius 2 is 1.83 bits per heavy atom. The van der Waals surface area contributed by atoms with Gasteiger partial charge in [0.2, 0.25) is 5.91 Å². The SMILES string of the molecule is CC(=O)Nc1cccc(C(=O)N/N=C\c2cc(C)n(-c3ccc(C)c(I)c3)c2C)c1. The third-order valence-electron chi connectivity index (χ3n) is 4.70. The second-order valence-corrected chi connectivity index (χ2v) is 8.22. The molecule has 0 unspecified atom stereocenters. The summed E-state index contributed by atoms with van der Waals surface area (Å²) in [6.07, 6.45) is 1.65. The van der Waals surface area contributed by atoms with Crippen LogP contribution in [0.3, 0.4) is 0 Å². The number of carbonyl (C=O) groups is 2. The molecule has 0 aliphatic heterocycles. The van der Waals surface area contributed by atoms with Crippen molar-refractivity contribution in [3.8, 4) is 5.69 Å². The van der Waals surface area contributed by atoms with Crippen LogP contribution in [0.1, 0.15) is 39.8 Å². The van der Waals surface area contributed by atoms with Crippen molar-refractivity contribution in [2.24, 2.45) is 5.10 Å². The van der Waals surface area contributed by atoms with Crippen LogP contribution in [0.2, 0.25) is 0 Å². The zero-order valence-corrected chi connectivity index (χ0v) is 19.4. The van der Waals surface area contributed by atoms with Gasteiger partial charge in [-0.25, -0.2) is 5.43 Å². The molecule has 7 heteroatoms. The first-order valence-corrected chi connectivity index (χ1v) is 10.5. The van der Waals surface area contributed by atoms with Crippen molar-refractivity contribution in [2.45, 2.75) is 27.7 Å². The molecule has 2 N–H and O–H groups in total. The maximum absolute atomic E-state index is 12.4. The largest absolute Gasteiger partial charge is 0.326 e. The van der Waals surface area contributed by atoms with Crippen LogP contribution in [0.15, 0.2) is 53.6 Å². The number of rotatable bonds is 5. The molecule has 0 fully saturated rings. The second-order valence-electron chi connectivity index (χ2n) is 7.06. The minimum Gasteiger partial charge on any atom is -0.326 e. The summed E-state index contributed by atoms with van der Waals surface area (Å²) < 4.78 is 3.38. The molecule has 30 heavy (non-hydrogen) atoms. The summed E-state index contributed by atoms with van der Waals surface area (Å²) in [6, 6.07) is 15.1. The quantitative estimate of drug-likeness (QED) is 0.294. The van der Waals surface area contributed by atoms with E-state index >= 15 is 0 Å². The van der Waals surface area contributed by atoms with Crippen molar-refractivity contribution in [1.82, 2.24) is 9.99 Å². The molecule has 2 aromatic carbocycles. The monoisotopic (exact) mass is 514 g/mol. The van der Waals surface area contributed by atoms with E-state index in [1.165, 1.54) is 16.1 Å². The van der Waals surface area contributed by atoms with Gasteiger partial charge in [0.1, 0.15) is 0 Å². The number of aryl methyl sites for hydroxylation is 2. The molecular formula is C23H23IN4O2. The third-order valence-corrected chi connectivity index (χ3v) is 5.86. The lowest BCUT2D eigenvalue weighted by molar-refractivity contribution is -0.114. The maximum Gasteiger partial charge on any atom is 0.271 e. The summed E-state index contributed by atoms with van der Waals surface area (Å²) in [5.74, 6) is -0.537.